The van der Waals surface area contributed by atoms with Gasteiger partial charge < -0.3 is 20.3 Å². The Labute approximate surface area is 243 Å². The van der Waals surface area contributed by atoms with Gasteiger partial charge in [0.15, 0.2) is 5.13 Å². The van der Waals surface area contributed by atoms with Gasteiger partial charge in [-0.25, -0.2) is 4.98 Å². The second kappa shape index (κ2) is 12.1. The van der Waals surface area contributed by atoms with Crippen molar-refractivity contribution in [2.45, 2.75) is 19.3 Å². The molecule has 2 N–H and O–H groups in total. The minimum Gasteiger partial charge on any atom is -0.457 e. The van der Waals surface area contributed by atoms with Crippen molar-refractivity contribution in [1.82, 2.24) is 14.8 Å². The van der Waals surface area contributed by atoms with Crippen LogP contribution in [0.25, 0.3) is 10.2 Å². The van der Waals surface area contributed by atoms with Crippen molar-refractivity contribution in [3.63, 3.8) is 0 Å². The molecule has 41 heavy (non-hydrogen) atoms. The third-order valence-corrected chi connectivity index (χ3v) is 7.96. The number of carbonyl (C=O) groups excluding carboxylic acids is 2. The number of aromatic nitrogens is 1. The fraction of sp³-hybridized carbons (Fsp3) is 0.290. The number of carbonyl (C=O) groups is 2. The molecule has 1 aromatic heterocycles. The lowest BCUT2D eigenvalue weighted by molar-refractivity contribution is -0.117. The van der Waals surface area contributed by atoms with Crippen LogP contribution in [0.2, 0.25) is 0 Å². The van der Waals surface area contributed by atoms with E-state index in [1.54, 1.807) is 36.4 Å². The zero-order valence-electron chi connectivity index (χ0n) is 23.3. The number of hydrogen-bond acceptors (Lipinski definition) is 8. The van der Waals surface area contributed by atoms with Gasteiger partial charge in [-0.15, -0.1) is 0 Å². The molecule has 0 atom stereocenters. The fourth-order valence-corrected chi connectivity index (χ4v) is 5.39. The predicted molar refractivity (Wildman–Crippen MR) is 162 cm³/mol. The van der Waals surface area contributed by atoms with E-state index >= 15 is 0 Å². The zero-order valence-corrected chi connectivity index (χ0v) is 24.1. The van der Waals surface area contributed by atoms with Crippen molar-refractivity contribution in [2.24, 2.45) is 0 Å². The molecule has 210 valence electrons. The molecule has 0 radical (unpaired) electrons. The maximum atomic E-state index is 12.9. The number of nitrogens with zero attached hydrogens (tertiary/aromatic N) is 4. The van der Waals surface area contributed by atoms with Crippen LogP contribution >= 0.6 is 11.3 Å². The van der Waals surface area contributed by atoms with Gasteiger partial charge >= 0.3 is 0 Å². The maximum Gasteiger partial charge on any atom is 0.255 e. The van der Waals surface area contributed by atoms with Crippen molar-refractivity contribution in [3.8, 4) is 17.6 Å². The summed E-state index contributed by atoms with van der Waals surface area (Å²) < 4.78 is 6.98. The molecule has 5 rings (SSSR count). The van der Waals surface area contributed by atoms with Gasteiger partial charge in [-0.3, -0.25) is 14.5 Å². The Balaban J connectivity index is 1.22. The normalized spacial score (nSPS) is 14.4. The Morgan fingerprint density at radius 1 is 1.00 bits per heavy atom. The number of rotatable bonds is 8. The average molecular weight is 569 g/mol. The standard InChI is InChI=1S/C31H32N6O3S/c1-31(2,20-32)22-7-4-6-21(16-22)29(39)33-23-8-5-9-24(17-23)40-25-10-11-26-27(18-25)41-30(34-26)35-28(38)19-37-14-12-36(3)13-15-37/h4-11,16-18H,12-15,19H2,1-3H3,(H,33,39)(H,34,35,38). The molecule has 2 amide bonds. The van der Waals surface area contributed by atoms with E-state index in [4.69, 9.17) is 4.74 Å². The number of fused-ring (bicyclic) bond motifs is 1. The molecule has 0 spiro atoms. The summed E-state index contributed by atoms with van der Waals surface area (Å²) in [6.07, 6.45) is 0. The monoisotopic (exact) mass is 568 g/mol. The molecule has 10 heteroatoms. The van der Waals surface area contributed by atoms with Gasteiger partial charge in [-0.1, -0.05) is 29.5 Å². The van der Waals surface area contributed by atoms with Gasteiger partial charge in [0.05, 0.1) is 28.2 Å². The first-order valence-corrected chi connectivity index (χ1v) is 14.2. The topological polar surface area (TPSA) is 111 Å². The third-order valence-electron chi connectivity index (χ3n) is 7.02. The minimum atomic E-state index is -0.694. The van der Waals surface area contributed by atoms with E-state index in [2.05, 4.69) is 38.5 Å². The quantitative estimate of drug-likeness (QED) is 0.296. The molecule has 9 nitrogen and oxygen atoms in total. The van der Waals surface area contributed by atoms with Crippen molar-refractivity contribution in [2.75, 3.05) is 50.4 Å². The van der Waals surface area contributed by atoms with Crippen LogP contribution in [0, 0.1) is 11.3 Å². The highest BCUT2D eigenvalue weighted by Crippen LogP contribution is 2.32. The van der Waals surface area contributed by atoms with Crippen LogP contribution in [0.1, 0.15) is 29.8 Å². The number of hydrogen-bond donors (Lipinski definition) is 2. The molecule has 1 aliphatic rings. The summed E-state index contributed by atoms with van der Waals surface area (Å²) in [5, 5.41) is 15.8. The van der Waals surface area contributed by atoms with Crippen molar-refractivity contribution in [3.05, 3.63) is 77.9 Å². The van der Waals surface area contributed by atoms with E-state index in [0.29, 0.717) is 34.4 Å². The SMILES string of the molecule is CN1CCN(CC(=O)Nc2nc3ccc(Oc4cccc(NC(=O)c5cccc(C(C)(C)C#N)c5)c4)cc3s2)CC1. The zero-order chi connectivity index (χ0) is 29.0. The molecule has 1 aliphatic heterocycles. The van der Waals surface area contributed by atoms with E-state index < -0.39 is 5.41 Å². The van der Waals surface area contributed by atoms with Gasteiger partial charge in [0.25, 0.3) is 5.91 Å². The number of amides is 2. The number of likely N-dealkylation sites (N-methyl/N-ethyl adjacent to an activating group) is 1. The van der Waals surface area contributed by atoms with Crippen molar-refractivity contribution >= 4 is 44.2 Å². The second-order valence-corrected chi connectivity index (χ2v) is 11.7. The Morgan fingerprint density at radius 2 is 1.76 bits per heavy atom. The van der Waals surface area contributed by atoms with E-state index in [-0.39, 0.29) is 11.8 Å². The van der Waals surface area contributed by atoms with Crippen LogP contribution in [0.4, 0.5) is 10.8 Å². The van der Waals surface area contributed by atoms with Gasteiger partial charge in [-0.05, 0) is 62.9 Å². The van der Waals surface area contributed by atoms with Crippen LogP contribution in [-0.2, 0) is 10.2 Å². The first kappa shape index (κ1) is 28.2. The Bertz CT molecular complexity index is 1620. The highest BCUT2D eigenvalue weighted by molar-refractivity contribution is 7.22. The average Bonchev–Trinajstić information content (AvgIpc) is 3.36. The summed E-state index contributed by atoms with van der Waals surface area (Å²) >= 11 is 1.40. The molecular weight excluding hydrogens is 536 g/mol. The molecule has 3 aromatic carbocycles. The fourth-order valence-electron chi connectivity index (χ4n) is 4.48. The van der Waals surface area contributed by atoms with Gasteiger partial charge in [0, 0.05) is 49.6 Å². The van der Waals surface area contributed by atoms with Crippen LogP contribution in [0.5, 0.6) is 11.5 Å². The summed E-state index contributed by atoms with van der Waals surface area (Å²) in [7, 11) is 2.09. The summed E-state index contributed by atoms with van der Waals surface area (Å²) in [5.74, 6) is 0.841. The minimum absolute atomic E-state index is 0.0653. The molecule has 1 saturated heterocycles. The molecule has 0 unspecified atom stereocenters. The molecule has 0 bridgehead atoms. The summed E-state index contributed by atoms with van der Waals surface area (Å²) in [6.45, 7) is 7.67. The number of nitrogens with one attached hydrogen (secondary N) is 2. The maximum absolute atomic E-state index is 12.9. The van der Waals surface area contributed by atoms with E-state index in [1.807, 2.05) is 44.2 Å². The molecule has 1 fully saturated rings. The van der Waals surface area contributed by atoms with Gasteiger partial charge in [0.2, 0.25) is 5.91 Å². The number of piperazine rings is 1. The van der Waals surface area contributed by atoms with Crippen LogP contribution < -0.4 is 15.4 Å². The number of ether oxygens (including phenoxy) is 1. The van der Waals surface area contributed by atoms with Gasteiger partial charge in [0.1, 0.15) is 11.5 Å². The predicted octanol–water partition coefficient (Wildman–Crippen LogP) is 5.33. The highest BCUT2D eigenvalue weighted by atomic mass is 32.1. The summed E-state index contributed by atoms with van der Waals surface area (Å²) in [6, 6.07) is 22.1. The lowest BCUT2D eigenvalue weighted by Crippen LogP contribution is -2.47. The second-order valence-electron chi connectivity index (χ2n) is 10.7. The molecule has 2 heterocycles. The first-order valence-electron chi connectivity index (χ1n) is 13.4. The number of nitriles is 1. The number of benzene rings is 3. The van der Waals surface area contributed by atoms with Crippen LogP contribution in [0.3, 0.4) is 0 Å². The van der Waals surface area contributed by atoms with E-state index in [0.717, 1.165) is 42.0 Å². The van der Waals surface area contributed by atoms with Crippen molar-refractivity contribution in [1.29, 1.82) is 5.26 Å². The highest BCUT2D eigenvalue weighted by Gasteiger charge is 2.21. The summed E-state index contributed by atoms with van der Waals surface area (Å²) in [5.41, 5.74) is 1.92. The Kier molecular flexibility index (Phi) is 8.31. The van der Waals surface area contributed by atoms with Crippen LogP contribution in [0.15, 0.2) is 66.7 Å². The number of anilines is 2. The van der Waals surface area contributed by atoms with Crippen molar-refractivity contribution < 1.29 is 14.3 Å². The third kappa shape index (κ3) is 7.08. The molecule has 0 saturated carbocycles. The first-order chi connectivity index (χ1) is 19.7. The largest absolute Gasteiger partial charge is 0.457 e. The Hall–Kier alpha value is -4.30. The Morgan fingerprint density at radius 3 is 2.54 bits per heavy atom. The smallest absolute Gasteiger partial charge is 0.255 e. The lowest BCUT2D eigenvalue weighted by Gasteiger charge is -2.31. The molecule has 0 aliphatic carbocycles. The summed E-state index contributed by atoms with van der Waals surface area (Å²) in [4.78, 5) is 34.4. The molecule has 4 aromatic rings. The molecular formula is C31H32N6O3S. The number of thiazole rings is 1. The lowest BCUT2D eigenvalue weighted by atomic mass is 9.85. The van der Waals surface area contributed by atoms with Crippen LogP contribution in [-0.4, -0.2) is 66.4 Å². The van der Waals surface area contributed by atoms with E-state index in [9.17, 15) is 14.9 Å². The van der Waals surface area contributed by atoms with E-state index in [1.165, 1.54) is 11.3 Å². The van der Waals surface area contributed by atoms with Gasteiger partial charge in [-0.2, -0.15) is 5.26 Å².